The fraction of sp³-hybridized carbons (Fsp3) is 0.357. The molecule has 0 saturated heterocycles. The minimum atomic E-state index is 0.194. The van der Waals surface area contributed by atoms with Crippen LogP contribution in [0.15, 0.2) is 41.8 Å². The lowest BCUT2D eigenvalue weighted by Gasteiger charge is -2.20. The van der Waals surface area contributed by atoms with Crippen LogP contribution >= 0.6 is 12.6 Å². The molecule has 0 heterocycles. The van der Waals surface area contributed by atoms with Crippen molar-refractivity contribution < 1.29 is 4.79 Å². The smallest absolute Gasteiger partial charge is 0.227 e. The molecule has 90 valence electrons. The lowest BCUT2D eigenvalue weighted by molar-refractivity contribution is -0.130. The Hall–Kier alpha value is -1.22. The molecule has 1 aliphatic rings. The van der Waals surface area contributed by atoms with E-state index in [9.17, 15) is 4.79 Å². The van der Waals surface area contributed by atoms with Crippen molar-refractivity contribution in [3.8, 4) is 0 Å². The van der Waals surface area contributed by atoms with Gasteiger partial charge in [0, 0.05) is 17.5 Å². The maximum Gasteiger partial charge on any atom is 0.227 e. The average molecular weight is 247 g/mol. The highest BCUT2D eigenvalue weighted by Crippen LogP contribution is 2.27. The van der Waals surface area contributed by atoms with E-state index in [1.54, 1.807) is 6.08 Å². The maximum absolute atomic E-state index is 12.1. The molecule has 0 spiro atoms. The van der Waals surface area contributed by atoms with Crippen LogP contribution in [0.3, 0.4) is 0 Å². The quantitative estimate of drug-likeness (QED) is 0.626. The molecule has 0 aliphatic heterocycles. The van der Waals surface area contributed by atoms with Gasteiger partial charge in [-0.1, -0.05) is 18.2 Å². The van der Waals surface area contributed by atoms with Gasteiger partial charge in [0.05, 0.1) is 6.42 Å². The van der Waals surface area contributed by atoms with Gasteiger partial charge in [-0.2, -0.15) is 0 Å². The summed E-state index contributed by atoms with van der Waals surface area (Å²) >= 11 is 4.23. The molecule has 1 amide bonds. The predicted molar refractivity (Wildman–Crippen MR) is 72.3 cm³/mol. The fourth-order valence-electron chi connectivity index (χ4n) is 1.87. The van der Waals surface area contributed by atoms with E-state index in [-0.39, 0.29) is 5.91 Å². The molecule has 2 rings (SSSR count). The molecule has 17 heavy (non-hydrogen) atoms. The molecule has 0 aromatic heterocycles. The molecule has 1 aromatic rings. The Kier molecular flexibility index (Phi) is 3.89. The van der Waals surface area contributed by atoms with Crippen LogP contribution < -0.4 is 0 Å². The van der Waals surface area contributed by atoms with Crippen molar-refractivity contribution >= 4 is 18.5 Å². The van der Waals surface area contributed by atoms with Crippen LogP contribution in [0.25, 0.3) is 0 Å². The first-order chi connectivity index (χ1) is 8.20. The fourth-order valence-corrected chi connectivity index (χ4v) is 2.02. The third-order valence-corrected chi connectivity index (χ3v) is 3.22. The van der Waals surface area contributed by atoms with Gasteiger partial charge < -0.3 is 4.90 Å². The summed E-state index contributed by atoms with van der Waals surface area (Å²) in [5.41, 5.74) is 1.04. The minimum Gasteiger partial charge on any atom is -0.336 e. The van der Waals surface area contributed by atoms with Gasteiger partial charge >= 0.3 is 0 Å². The van der Waals surface area contributed by atoms with E-state index in [1.807, 2.05) is 29.2 Å². The largest absolute Gasteiger partial charge is 0.336 e. The van der Waals surface area contributed by atoms with Gasteiger partial charge in [0.2, 0.25) is 5.91 Å². The Bertz CT molecular complexity index is 409. The van der Waals surface area contributed by atoms with Gasteiger partial charge in [-0.3, -0.25) is 4.79 Å². The summed E-state index contributed by atoms with van der Waals surface area (Å²) in [5, 5.41) is 0. The molecule has 0 radical (unpaired) electrons. The molecule has 0 bridgehead atoms. The molecule has 1 aromatic carbocycles. The van der Waals surface area contributed by atoms with E-state index < -0.39 is 0 Å². The number of carbonyl (C=O) groups excluding carboxylic acids is 1. The molecule has 3 heteroatoms. The highest BCUT2D eigenvalue weighted by atomic mass is 32.1. The van der Waals surface area contributed by atoms with Crippen LogP contribution in [0.5, 0.6) is 0 Å². The molecule has 0 atom stereocenters. The lowest BCUT2D eigenvalue weighted by atomic mass is 10.1. The number of hydrogen-bond donors (Lipinski definition) is 1. The lowest BCUT2D eigenvalue weighted by Crippen LogP contribution is -2.34. The van der Waals surface area contributed by atoms with Crippen molar-refractivity contribution in [2.75, 3.05) is 6.54 Å². The zero-order valence-corrected chi connectivity index (χ0v) is 10.7. The van der Waals surface area contributed by atoms with Gasteiger partial charge in [0.15, 0.2) is 0 Å². The molecule has 1 fully saturated rings. The first kappa shape index (κ1) is 12.2. The molecule has 0 N–H and O–H groups in total. The van der Waals surface area contributed by atoms with Crippen LogP contribution in [0.2, 0.25) is 0 Å². The number of rotatable bonds is 5. The second kappa shape index (κ2) is 5.41. The number of hydrogen-bond acceptors (Lipinski definition) is 2. The van der Waals surface area contributed by atoms with Gasteiger partial charge in [0.25, 0.3) is 0 Å². The second-order valence-corrected chi connectivity index (χ2v) is 4.93. The SMILES string of the molecule is C=CCN(C(=O)Cc1ccc(S)cc1)C1CC1. The van der Waals surface area contributed by atoms with E-state index in [0.717, 1.165) is 23.3 Å². The maximum atomic E-state index is 12.1. The normalized spacial score (nSPS) is 14.4. The van der Waals surface area contributed by atoms with E-state index in [1.165, 1.54) is 0 Å². The third-order valence-electron chi connectivity index (χ3n) is 2.93. The van der Waals surface area contributed by atoms with Crippen LogP contribution in [0, 0.1) is 0 Å². The summed E-state index contributed by atoms with van der Waals surface area (Å²) in [6.45, 7) is 4.37. The van der Waals surface area contributed by atoms with Gasteiger partial charge in [-0.15, -0.1) is 19.2 Å². The minimum absolute atomic E-state index is 0.194. The Morgan fingerprint density at radius 3 is 2.59 bits per heavy atom. The summed E-state index contributed by atoms with van der Waals surface area (Å²) in [7, 11) is 0. The van der Waals surface area contributed by atoms with Crippen LogP contribution in [0.4, 0.5) is 0 Å². The van der Waals surface area contributed by atoms with Crippen molar-refractivity contribution in [3.05, 3.63) is 42.5 Å². The predicted octanol–water partition coefficient (Wildman–Crippen LogP) is 2.69. The number of nitrogens with zero attached hydrogens (tertiary/aromatic N) is 1. The summed E-state index contributed by atoms with van der Waals surface area (Å²) in [6.07, 6.45) is 4.54. The van der Waals surface area contributed by atoms with Gasteiger partial charge in [0.1, 0.15) is 0 Å². The molecular weight excluding hydrogens is 230 g/mol. The van der Waals surface area contributed by atoms with Crippen molar-refractivity contribution in [3.63, 3.8) is 0 Å². The zero-order chi connectivity index (χ0) is 12.3. The average Bonchev–Trinajstić information content (AvgIpc) is 3.13. The van der Waals surface area contributed by atoms with E-state index in [4.69, 9.17) is 0 Å². The molecular formula is C14H17NOS. The second-order valence-electron chi connectivity index (χ2n) is 4.41. The van der Waals surface area contributed by atoms with Gasteiger partial charge in [-0.05, 0) is 30.5 Å². The van der Waals surface area contributed by atoms with E-state index in [2.05, 4.69) is 19.2 Å². The summed E-state index contributed by atoms with van der Waals surface area (Å²) in [6, 6.07) is 8.20. The number of benzene rings is 1. The molecule has 0 unspecified atom stereocenters. The highest BCUT2D eigenvalue weighted by Gasteiger charge is 2.31. The van der Waals surface area contributed by atoms with Crippen LogP contribution in [-0.2, 0) is 11.2 Å². The van der Waals surface area contributed by atoms with Crippen molar-refractivity contribution in [1.82, 2.24) is 4.90 Å². The molecule has 2 nitrogen and oxygen atoms in total. The number of amides is 1. The Labute approximate surface area is 108 Å². The Balaban J connectivity index is 1.99. The Morgan fingerprint density at radius 1 is 1.41 bits per heavy atom. The third kappa shape index (κ3) is 3.37. The van der Waals surface area contributed by atoms with Crippen molar-refractivity contribution in [1.29, 1.82) is 0 Å². The topological polar surface area (TPSA) is 20.3 Å². The van der Waals surface area contributed by atoms with E-state index in [0.29, 0.717) is 19.0 Å². The molecule has 1 saturated carbocycles. The Morgan fingerprint density at radius 2 is 2.06 bits per heavy atom. The van der Waals surface area contributed by atoms with Crippen molar-refractivity contribution in [2.24, 2.45) is 0 Å². The summed E-state index contributed by atoms with van der Waals surface area (Å²) in [4.78, 5) is 15.0. The summed E-state index contributed by atoms with van der Waals surface area (Å²) in [5.74, 6) is 0.194. The van der Waals surface area contributed by atoms with Crippen LogP contribution in [-0.4, -0.2) is 23.4 Å². The number of thiol groups is 1. The summed E-state index contributed by atoms with van der Waals surface area (Å²) < 4.78 is 0. The van der Waals surface area contributed by atoms with Crippen LogP contribution in [0.1, 0.15) is 18.4 Å². The number of carbonyl (C=O) groups is 1. The van der Waals surface area contributed by atoms with E-state index >= 15 is 0 Å². The first-order valence-corrected chi connectivity index (χ1v) is 6.33. The zero-order valence-electron chi connectivity index (χ0n) is 9.80. The van der Waals surface area contributed by atoms with Crippen molar-refractivity contribution in [2.45, 2.75) is 30.2 Å². The van der Waals surface area contributed by atoms with Gasteiger partial charge in [-0.25, -0.2) is 0 Å². The first-order valence-electron chi connectivity index (χ1n) is 5.89. The molecule has 1 aliphatic carbocycles. The monoisotopic (exact) mass is 247 g/mol. The standard InChI is InChI=1S/C14H17NOS/c1-2-9-15(12-5-6-12)14(16)10-11-3-7-13(17)8-4-11/h2-4,7-8,12,17H,1,5-6,9-10H2. The highest BCUT2D eigenvalue weighted by molar-refractivity contribution is 7.80.